The Balaban J connectivity index is 1.16. The molecule has 6 rings (SSSR count). The number of carbonyl (C=O) groups is 2. The third kappa shape index (κ3) is 3.99. The normalized spacial score (nSPS) is 21.8. The highest BCUT2D eigenvalue weighted by atomic mass is 35.5. The summed E-state index contributed by atoms with van der Waals surface area (Å²) in [5.41, 5.74) is 3.08. The first-order valence-corrected chi connectivity index (χ1v) is 13.0. The van der Waals surface area contributed by atoms with E-state index >= 15 is 0 Å². The summed E-state index contributed by atoms with van der Waals surface area (Å²) >= 11 is 6.17. The average molecular weight is 505 g/mol. The standard InChI is InChI=1S/C27H29ClN6O2/c28-21-15-30-23-14-18(7-10-20(21)23)26(35)31-22-4-3-13-33-24(22)16-34(27(33)36)19-8-5-17(6-9-19)25(29)32-11-1-2-12-32/h5-10,14-15,22,24,29-30H,1-4,11-13,16H2,(H,31,35)/t22-,24-/m1/s1. The number of piperidine rings is 1. The van der Waals surface area contributed by atoms with Crippen LogP contribution in [-0.2, 0) is 0 Å². The predicted molar refractivity (Wildman–Crippen MR) is 141 cm³/mol. The van der Waals surface area contributed by atoms with E-state index in [0.29, 0.717) is 29.5 Å². The maximum absolute atomic E-state index is 13.3. The van der Waals surface area contributed by atoms with Crippen LogP contribution in [0.5, 0.6) is 0 Å². The molecule has 2 aromatic carbocycles. The molecule has 9 heteroatoms. The molecule has 3 aliphatic rings. The van der Waals surface area contributed by atoms with Crippen molar-refractivity contribution in [2.24, 2.45) is 0 Å². The highest BCUT2D eigenvalue weighted by Crippen LogP contribution is 2.31. The molecule has 36 heavy (non-hydrogen) atoms. The SMILES string of the molecule is N=C(c1ccc(N2C[C@@H]3[C@H](NC(=O)c4ccc5c(Cl)c[nH]c5c4)CCCN3C2=O)cc1)N1CCCC1. The number of aromatic amines is 1. The molecule has 3 saturated heterocycles. The number of H-pyrrole nitrogens is 1. The minimum Gasteiger partial charge on any atom is -0.360 e. The average Bonchev–Trinajstić information content (AvgIpc) is 3.64. The second-order valence-corrected chi connectivity index (χ2v) is 10.3. The molecule has 0 aliphatic carbocycles. The fourth-order valence-corrected chi connectivity index (χ4v) is 5.95. The number of nitrogens with one attached hydrogen (secondary N) is 3. The van der Waals surface area contributed by atoms with Gasteiger partial charge in [-0.25, -0.2) is 4.79 Å². The summed E-state index contributed by atoms with van der Waals surface area (Å²) in [7, 11) is 0. The molecular weight excluding hydrogens is 476 g/mol. The van der Waals surface area contributed by atoms with Crippen LogP contribution in [0.1, 0.15) is 41.6 Å². The topological polar surface area (TPSA) is 95.5 Å². The molecule has 4 heterocycles. The van der Waals surface area contributed by atoms with Gasteiger partial charge in [0.05, 0.1) is 23.7 Å². The number of fused-ring (bicyclic) bond motifs is 2. The number of benzene rings is 2. The second-order valence-electron chi connectivity index (χ2n) is 9.86. The molecule has 0 radical (unpaired) electrons. The number of likely N-dealkylation sites (tertiary alicyclic amines) is 1. The fourth-order valence-electron chi connectivity index (χ4n) is 5.73. The largest absolute Gasteiger partial charge is 0.360 e. The number of amides is 3. The number of carbonyl (C=O) groups excluding carboxylic acids is 2. The Hall–Kier alpha value is -3.52. The number of hydrogen-bond donors (Lipinski definition) is 3. The summed E-state index contributed by atoms with van der Waals surface area (Å²) in [6, 6.07) is 12.9. The number of amidine groups is 1. The molecule has 186 valence electrons. The number of halogens is 1. The molecule has 8 nitrogen and oxygen atoms in total. The number of hydrogen-bond acceptors (Lipinski definition) is 3. The van der Waals surface area contributed by atoms with Gasteiger partial charge in [0, 0.05) is 53.5 Å². The van der Waals surface area contributed by atoms with E-state index in [9.17, 15) is 9.59 Å². The first-order valence-electron chi connectivity index (χ1n) is 12.6. The van der Waals surface area contributed by atoms with Crippen LogP contribution in [0.15, 0.2) is 48.7 Å². The first kappa shape index (κ1) is 22.9. The number of nitrogens with zero attached hydrogens (tertiary/aromatic N) is 3. The molecule has 0 bridgehead atoms. The van der Waals surface area contributed by atoms with Gasteiger partial charge in [0.1, 0.15) is 5.84 Å². The molecule has 3 fully saturated rings. The Labute approximate surface area is 214 Å². The maximum atomic E-state index is 13.3. The fraction of sp³-hybridized carbons (Fsp3) is 0.370. The Bertz CT molecular complexity index is 1330. The van der Waals surface area contributed by atoms with Gasteiger partial charge in [-0.3, -0.25) is 15.1 Å². The Morgan fingerprint density at radius 3 is 2.56 bits per heavy atom. The molecule has 3 N–H and O–H groups in total. The lowest BCUT2D eigenvalue weighted by molar-refractivity contribution is 0.0887. The van der Waals surface area contributed by atoms with E-state index in [1.54, 1.807) is 17.2 Å². The van der Waals surface area contributed by atoms with Gasteiger partial charge in [0.15, 0.2) is 0 Å². The summed E-state index contributed by atoms with van der Waals surface area (Å²) in [6.45, 7) is 3.08. The summed E-state index contributed by atoms with van der Waals surface area (Å²) in [4.78, 5) is 35.3. The van der Waals surface area contributed by atoms with Crippen LogP contribution in [0.3, 0.4) is 0 Å². The lowest BCUT2D eigenvalue weighted by atomic mass is 9.97. The van der Waals surface area contributed by atoms with Crippen LogP contribution in [0, 0.1) is 5.41 Å². The third-order valence-electron chi connectivity index (χ3n) is 7.71. The molecule has 3 aromatic rings. The van der Waals surface area contributed by atoms with Crippen molar-refractivity contribution in [3.8, 4) is 0 Å². The Morgan fingerprint density at radius 1 is 1.03 bits per heavy atom. The van der Waals surface area contributed by atoms with Gasteiger partial charge in [-0.1, -0.05) is 17.7 Å². The van der Waals surface area contributed by atoms with Crippen LogP contribution >= 0.6 is 11.6 Å². The van der Waals surface area contributed by atoms with Crippen molar-refractivity contribution in [3.63, 3.8) is 0 Å². The maximum Gasteiger partial charge on any atom is 0.324 e. The zero-order valence-electron chi connectivity index (χ0n) is 20.0. The van der Waals surface area contributed by atoms with Crippen molar-refractivity contribution < 1.29 is 9.59 Å². The van der Waals surface area contributed by atoms with Gasteiger partial charge in [-0.05, 0) is 62.1 Å². The molecule has 0 spiro atoms. The smallest absolute Gasteiger partial charge is 0.324 e. The summed E-state index contributed by atoms with van der Waals surface area (Å²) in [6.07, 6.45) is 5.65. The van der Waals surface area contributed by atoms with Crippen molar-refractivity contribution in [1.29, 1.82) is 5.41 Å². The van der Waals surface area contributed by atoms with E-state index in [4.69, 9.17) is 17.0 Å². The number of urea groups is 1. The lowest BCUT2D eigenvalue weighted by Gasteiger charge is -2.35. The van der Waals surface area contributed by atoms with Gasteiger partial charge in [0.25, 0.3) is 5.91 Å². The van der Waals surface area contributed by atoms with Gasteiger partial charge in [0.2, 0.25) is 0 Å². The van der Waals surface area contributed by atoms with E-state index in [0.717, 1.165) is 60.9 Å². The zero-order valence-corrected chi connectivity index (χ0v) is 20.7. The number of rotatable bonds is 4. The summed E-state index contributed by atoms with van der Waals surface area (Å²) in [5.74, 6) is 0.400. The second kappa shape index (κ2) is 9.17. The van der Waals surface area contributed by atoms with Crippen molar-refractivity contribution in [2.75, 3.05) is 31.1 Å². The molecule has 1 aromatic heterocycles. The van der Waals surface area contributed by atoms with Crippen molar-refractivity contribution in [2.45, 2.75) is 37.8 Å². The van der Waals surface area contributed by atoms with Gasteiger partial charge >= 0.3 is 6.03 Å². The highest BCUT2D eigenvalue weighted by molar-refractivity contribution is 6.35. The quantitative estimate of drug-likeness (QED) is 0.362. The molecule has 3 aliphatic heterocycles. The van der Waals surface area contributed by atoms with E-state index < -0.39 is 0 Å². The summed E-state index contributed by atoms with van der Waals surface area (Å²) in [5, 5.41) is 13.2. The lowest BCUT2D eigenvalue weighted by Crippen LogP contribution is -2.54. The van der Waals surface area contributed by atoms with Crippen LogP contribution in [-0.4, -0.2) is 70.8 Å². The number of aromatic nitrogens is 1. The highest BCUT2D eigenvalue weighted by Gasteiger charge is 2.44. The van der Waals surface area contributed by atoms with Crippen molar-refractivity contribution in [1.82, 2.24) is 20.1 Å². The zero-order chi connectivity index (χ0) is 24.8. The van der Waals surface area contributed by atoms with E-state index in [2.05, 4.69) is 15.2 Å². The van der Waals surface area contributed by atoms with Crippen LogP contribution in [0.2, 0.25) is 5.02 Å². The van der Waals surface area contributed by atoms with Crippen LogP contribution < -0.4 is 10.2 Å². The van der Waals surface area contributed by atoms with E-state index in [1.807, 2.05) is 41.3 Å². The Morgan fingerprint density at radius 2 is 1.78 bits per heavy atom. The summed E-state index contributed by atoms with van der Waals surface area (Å²) < 4.78 is 0. The third-order valence-corrected chi connectivity index (χ3v) is 8.02. The predicted octanol–water partition coefficient (Wildman–Crippen LogP) is 4.45. The van der Waals surface area contributed by atoms with Crippen LogP contribution in [0.25, 0.3) is 10.9 Å². The van der Waals surface area contributed by atoms with Crippen molar-refractivity contribution >= 4 is 46.0 Å². The monoisotopic (exact) mass is 504 g/mol. The van der Waals surface area contributed by atoms with E-state index in [-0.39, 0.29) is 24.0 Å². The molecular formula is C27H29ClN6O2. The first-order chi connectivity index (χ1) is 17.5. The van der Waals surface area contributed by atoms with E-state index in [1.165, 1.54) is 0 Å². The number of anilines is 1. The van der Waals surface area contributed by atoms with Crippen LogP contribution in [0.4, 0.5) is 10.5 Å². The minimum absolute atomic E-state index is 0.0243. The minimum atomic E-state index is -0.148. The molecule has 0 saturated carbocycles. The van der Waals surface area contributed by atoms with Crippen molar-refractivity contribution in [3.05, 3.63) is 64.8 Å². The van der Waals surface area contributed by atoms with Gasteiger partial charge in [-0.2, -0.15) is 0 Å². The van der Waals surface area contributed by atoms with Gasteiger partial charge in [-0.15, -0.1) is 0 Å². The van der Waals surface area contributed by atoms with Gasteiger partial charge < -0.3 is 20.1 Å². The Kier molecular flexibility index (Phi) is 5.84. The molecule has 2 atom stereocenters. The molecule has 3 amide bonds. The molecule has 0 unspecified atom stereocenters.